The molecule has 6 rings (SSSR count). The number of piperazine rings is 1. The fourth-order valence-electron chi connectivity index (χ4n) is 6.41. The minimum atomic E-state index is -0.684. The second kappa shape index (κ2) is 12.3. The molecule has 2 fully saturated rings. The van der Waals surface area contributed by atoms with Gasteiger partial charge >= 0.3 is 11.8 Å². The van der Waals surface area contributed by atoms with Gasteiger partial charge in [-0.1, -0.05) is 42.4 Å². The lowest BCUT2D eigenvalue weighted by atomic mass is 9.83. The molecule has 0 aromatic carbocycles. The molecule has 5 heterocycles. The SMILES string of the molecule is C#CC1CN(C(=O)OCC)CC(C)N1c1nc2cc(-c3noc(=O)[nH]3)nc(-c3cncc(Cl)c3)c2n1CC1CCC(C)CC1. The van der Waals surface area contributed by atoms with E-state index >= 15 is 0 Å². The number of amides is 1. The Bertz CT molecular complexity index is 1770. The van der Waals surface area contributed by atoms with E-state index in [1.54, 1.807) is 36.4 Å². The summed E-state index contributed by atoms with van der Waals surface area (Å²) >= 11 is 6.40. The molecule has 44 heavy (non-hydrogen) atoms. The molecule has 2 unspecified atom stereocenters. The second-order valence-electron chi connectivity index (χ2n) is 11.8. The summed E-state index contributed by atoms with van der Waals surface area (Å²) in [6.45, 7) is 7.86. The highest BCUT2D eigenvalue weighted by molar-refractivity contribution is 6.30. The molecule has 230 valence electrons. The molecule has 13 heteroatoms. The highest BCUT2D eigenvalue weighted by Crippen LogP contribution is 2.38. The van der Waals surface area contributed by atoms with Gasteiger partial charge in [-0.15, -0.1) is 6.42 Å². The van der Waals surface area contributed by atoms with E-state index in [0.29, 0.717) is 64.9 Å². The van der Waals surface area contributed by atoms with Gasteiger partial charge in [0.05, 0.1) is 34.9 Å². The molecule has 1 N–H and O–H groups in total. The van der Waals surface area contributed by atoms with E-state index < -0.39 is 11.8 Å². The summed E-state index contributed by atoms with van der Waals surface area (Å²) in [5.41, 5.74) is 3.11. The van der Waals surface area contributed by atoms with Crippen molar-refractivity contribution in [1.82, 2.24) is 34.6 Å². The maximum absolute atomic E-state index is 12.7. The van der Waals surface area contributed by atoms with E-state index in [0.717, 1.165) is 18.4 Å². The van der Waals surface area contributed by atoms with E-state index in [1.165, 1.54) is 12.8 Å². The maximum atomic E-state index is 12.7. The van der Waals surface area contributed by atoms with Crippen LogP contribution in [0.1, 0.15) is 46.5 Å². The van der Waals surface area contributed by atoms with E-state index in [1.807, 2.05) is 6.92 Å². The number of rotatable bonds is 6. The third-order valence-corrected chi connectivity index (χ3v) is 8.79. The van der Waals surface area contributed by atoms with Crippen LogP contribution in [0.25, 0.3) is 33.8 Å². The summed E-state index contributed by atoms with van der Waals surface area (Å²) in [6.07, 6.45) is 13.5. The minimum Gasteiger partial charge on any atom is -0.450 e. The van der Waals surface area contributed by atoms with Crippen LogP contribution in [-0.2, 0) is 11.3 Å². The Kier molecular flexibility index (Phi) is 8.31. The molecule has 2 atom stereocenters. The Morgan fingerprint density at radius 3 is 2.66 bits per heavy atom. The summed E-state index contributed by atoms with van der Waals surface area (Å²) in [4.78, 5) is 45.4. The predicted molar refractivity (Wildman–Crippen MR) is 166 cm³/mol. The standard InChI is InChI=1S/C31H35ClN8O4/c1-5-23-17-38(31(42)43-6-2)15-19(4)40(23)29-35-24-12-25(28-36-30(41)44-37-28)34-26(21-11-22(32)14-33-13-21)27(24)39(29)16-20-9-7-18(3)8-10-20/h1,11-14,18-20,23H,6-10,15-17H2,2-4H3,(H,36,37,41). The number of ether oxygens (including phenoxy) is 1. The number of carbonyl (C=O) groups is 1. The molecule has 1 aliphatic heterocycles. The first-order valence-electron chi connectivity index (χ1n) is 15.0. The van der Waals surface area contributed by atoms with Crippen LogP contribution in [0.4, 0.5) is 10.7 Å². The van der Waals surface area contributed by atoms with E-state index in [9.17, 15) is 9.59 Å². The van der Waals surface area contributed by atoms with Crippen LogP contribution in [-0.4, -0.2) is 72.4 Å². The molecule has 1 saturated carbocycles. The lowest BCUT2D eigenvalue weighted by Crippen LogP contribution is -2.59. The van der Waals surface area contributed by atoms with Crippen LogP contribution in [0.3, 0.4) is 0 Å². The Hall–Kier alpha value is -4.37. The highest BCUT2D eigenvalue weighted by atomic mass is 35.5. The van der Waals surface area contributed by atoms with Gasteiger partial charge in [0, 0.05) is 37.1 Å². The molecule has 0 spiro atoms. The summed E-state index contributed by atoms with van der Waals surface area (Å²) in [7, 11) is 0. The van der Waals surface area contributed by atoms with Gasteiger partial charge in [-0.2, -0.15) is 0 Å². The molecule has 12 nitrogen and oxygen atoms in total. The lowest BCUT2D eigenvalue weighted by Gasteiger charge is -2.44. The zero-order chi connectivity index (χ0) is 31.0. The number of aromatic amines is 1. The monoisotopic (exact) mass is 618 g/mol. The smallest absolute Gasteiger partial charge is 0.439 e. The predicted octanol–water partition coefficient (Wildman–Crippen LogP) is 4.99. The maximum Gasteiger partial charge on any atom is 0.439 e. The number of carbonyl (C=O) groups excluding carboxylic acids is 1. The number of nitrogens with one attached hydrogen (secondary N) is 1. The van der Waals surface area contributed by atoms with E-state index in [2.05, 4.69) is 37.4 Å². The molecular formula is C31H35ClN8O4. The average molecular weight is 619 g/mol. The molecule has 4 aromatic rings. The van der Waals surface area contributed by atoms with Crippen LogP contribution in [0, 0.1) is 24.2 Å². The molecule has 0 bridgehead atoms. The number of fused-ring (bicyclic) bond motifs is 1. The topological polar surface area (TPSA) is 135 Å². The van der Waals surface area contributed by atoms with E-state index in [-0.39, 0.29) is 24.6 Å². The number of imidazole rings is 1. The Labute approximate surface area is 259 Å². The van der Waals surface area contributed by atoms with Gasteiger partial charge in [-0.3, -0.25) is 14.5 Å². The zero-order valence-corrected chi connectivity index (χ0v) is 25.8. The molecule has 4 aromatic heterocycles. The Morgan fingerprint density at radius 2 is 1.98 bits per heavy atom. The van der Waals surface area contributed by atoms with Gasteiger partial charge in [0.2, 0.25) is 11.8 Å². The number of halogens is 1. The van der Waals surface area contributed by atoms with Crippen molar-refractivity contribution in [3.63, 3.8) is 0 Å². The van der Waals surface area contributed by atoms with Crippen molar-refractivity contribution >= 4 is 34.7 Å². The van der Waals surface area contributed by atoms with Gasteiger partial charge in [-0.25, -0.2) is 19.6 Å². The van der Waals surface area contributed by atoms with Crippen LogP contribution in [0.15, 0.2) is 33.8 Å². The van der Waals surface area contributed by atoms with Crippen LogP contribution in [0.5, 0.6) is 0 Å². The van der Waals surface area contributed by atoms with Gasteiger partial charge in [0.25, 0.3) is 0 Å². The average Bonchev–Trinajstić information content (AvgIpc) is 3.60. The normalized spacial score (nSPS) is 22.2. The number of pyridine rings is 2. The summed E-state index contributed by atoms with van der Waals surface area (Å²) < 4.78 is 12.3. The molecule has 1 amide bonds. The third-order valence-electron chi connectivity index (χ3n) is 8.58. The van der Waals surface area contributed by atoms with Crippen molar-refractivity contribution in [1.29, 1.82) is 0 Å². The van der Waals surface area contributed by atoms with Crippen molar-refractivity contribution < 1.29 is 14.1 Å². The van der Waals surface area contributed by atoms with Crippen molar-refractivity contribution in [3.05, 3.63) is 40.1 Å². The summed E-state index contributed by atoms with van der Waals surface area (Å²) in [5, 5.41) is 4.33. The van der Waals surface area contributed by atoms with Gasteiger partial charge in [-0.05, 0) is 50.7 Å². The first-order chi connectivity index (χ1) is 21.2. The minimum absolute atomic E-state index is 0.160. The van der Waals surface area contributed by atoms with Gasteiger partial charge < -0.3 is 19.1 Å². The van der Waals surface area contributed by atoms with Crippen molar-refractivity contribution in [2.24, 2.45) is 11.8 Å². The molecule has 2 aliphatic rings. The Balaban J connectivity index is 1.55. The number of terminal acetylenes is 1. The highest BCUT2D eigenvalue weighted by Gasteiger charge is 2.38. The van der Waals surface area contributed by atoms with Crippen LogP contribution < -0.4 is 10.7 Å². The van der Waals surface area contributed by atoms with Crippen molar-refractivity contribution in [2.45, 2.75) is 65.1 Å². The number of hydrogen-bond acceptors (Lipinski definition) is 9. The first-order valence-corrected chi connectivity index (χ1v) is 15.4. The van der Waals surface area contributed by atoms with Crippen LogP contribution in [0.2, 0.25) is 5.02 Å². The fraction of sp³-hybridized carbons (Fsp3) is 0.484. The molecule has 1 aliphatic carbocycles. The van der Waals surface area contributed by atoms with Gasteiger partial charge in [0.15, 0.2) is 0 Å². The molecule has 0 radical (unpaired) electrons. The van der Waals surface area contributed by atoms with E-state index in [4.69, 9.17) is 37.3 Å². The fourth-order valence-corrected chi connectivity index (χ4v) is 6.58. The van der Waals surface area contributed by atoms with Crippen molar-refractivity contribution in [2.75, 3.05) is 24.6 Å². The summed E-state index contributed by atoms with van der Waals surface area (Å²) in [5.74, 6) is 4.23. The second-order valence-corrected chi connectivity index (χ2v) is 12.2. The number of hydrogen-bond donors (Lipinski definition) is 1. The third kappa shape index (κ3) is 5.76. The Morgan fingerprint density at radius 1 is 1.18 bits per heavy atom. The largest absolute Gasteiger partial charge is 0.450 e. The number of H-pyrrole nitrogens is 1. The number of nitrogens with zero attached hydrogens (tertiary/aromatic N) is 7. The van der Waals surface area contributed by atoms with Gasteiger partial charge in [0.1, 0.15) is 11.7 Å². The summed E-state index contributed by atoms with van der Waals surface area (Å²) in [6, 6.07) is 2.99. The lowest BCUT2D eigenvalue weighted by molar-refractivity contribution is 0.0963. The number of anilines is 1. The number of aromatic nitrogens is 6. The van der Waals surface area contributed by atoms with Crippen LogP contribution >= 0.6 is 11.6 Å². The zero-order valence-electron chi connectivity index (χ0n) is 25.0. The van der Waals surface area contributed by atoms with Crippen molar-refractivity contribution in [3.8, 4) is 35.1 Å². The molecule has 1 saturated heterocycles. The quantitative estimate of drug-likeness (QED) is 0.297. The first kappa shape index (κ1) is 29.7. The molecular weight excluding hydrogens is 584 g/mol.